The zero-order valence-electron chi connectivity index (χ0n) is 4.65. The monoisotopic (exact) mass is 117 g/mol. The molecule has 0 aromatic rings. The van der Waals surface area contributed by atoms with Crippen LogP contribution in [0.4, 0.5) is 0 Å². The lowest BCUT2D eigenvalue weighted by molar-refractivity contribution is 0.275. The Kier molecular flexibility index (Phi) is 1.66. The van der Waals surface area contributed by atoms with E-state index in [1.807, 2.05) is 0 Å². The molecule has 1 aliphatic carbocycles. The molecule has 1 rings (SSSR count). The minimum absolute atomic E-state index is 0.806. The molecule has 1 nitrogen and oxygen atoms in total. The van der Waals surface area contributed by atoms with E-state index in [1.54, 1.807) is 0 Å². The number of hydrogen-bond donors (Lipinski definition) is 1. The van der Waals surface area contributed by atoms with Crippen LogP contribution in [0.3, 0.4) is 0 Å². The molecule has 2 heteroatoms. The van der Waals surface area contributed by atoms with E-state index in [1.165, 1.54) is 12.8 Å². The third-order valence-electron chi connectivity index (χ3n) is 1.61. The van der Waals surface area contributed by atoms with Crippen molar-refractivity contribution < 1.29 is 0 Å². The molecule has 0 heterocycles. The highest BCUT2D eigenvalue weighted by Crippen LogP contribution is 2.26. The van der Waals surface area contributed by atoms with Gasteiger partial charge in [-0.1, -0.05) is 16.3 Å². The van der Waals surface area contributed by atoms with Gasteiger partial charge in [-0.15, -0.1) is 0 Å². The molecule has 1 aliphatic rings. The van der Waals surface area contributed by atoms with Gasteiger partial charge in [-0.05, 0) is 18.8 Å². The van der Waals surface area contributed by atoms with E-state index in [2.05, 4.69) is 21.4 Å². The van der Waals surface area contributed by atoms with Crippen molar-refractivity contribution >= 4 is 9.39 Å². The smallest absolute Gasteiger partial charge is 0.0104 e. The molecule has 7 heavy (non-hydrogen) atoms. The fourth-order valence-electron chi connectivity index (χ4n) is 1.04. The quantitative estimate of drug-likeness (QED) is 0.508. The maximum atomic E-state index is 3.15. The van der Waals surface area contributed by atoms with Crippen molar-refractivity contribution in [1.29, 1.82) is 0 Å². The van der Waals surface area contributed by atoms with E-state index in [9.17, 15) is 0 Å². The lowest BCUT2D eigenvalue weighted by Gasteiger charge is -2.31. The van der Waals surface area contributed by atoms with Crippen molar-refractivity contribution in [1.82, 2.24) is 5.09 Å². The van der Waals surface area contributed by atoms with Gasteiger partial charge in [-0.3, -0.25) is 5.09 Å². The second-order valence-corrected chi connectivity index (χ2v) is 2.77. The molecular formula is C5H12NP. The minimum Gasteiger partial charge on any atom is -0.298 e. The highest BCUT2D eigenvalue weighted by Gasteiger charge is 2.22. The van der Waals surface area contributed by atoms with Crippen molar-refractivity contribution in [2.24, 2.45) is 5.92 Å². The number of nitrogens with one attached hydrogen (secondary N) is 1. The lowest BCUT2D eigenvalue weighted by atomic mass is 9.83. The predicted octanol–water partition coefficient (Wildman–Crippen LogP) is 1.16. The lowest BCUT2D eigenvalue weighted by Crippen LogP contribution is -2.34. The molecule has 42 valence electrons. The largest absolute Gasteiger partial charge is 0.298 e. The van der Waals surface area contributed by atoms with Crippen molar-refractivity contribution in [2.45, 2.75) is 25.8 Å². The van der Waals surface area contributed by atoms with Crippen LogP contribution in [0.2, 0.25) is 0 Å². The van der Waals surface area contributed by atoms with E-state index in [4.69, 9.17) is 0 Å². The van der Waals surface area contributed by atoms with Gasteiger partial charge in [0.05, 0.1) is 0 Å². The van der Waals surface area contributed by atoms with Gasteiger partial charge in [0.1, 0.15) is 0 Å². The molecule has 0 radical (unpaired) electrons. The topological polar surface area (TPSA) is 12.0 Å². The third-order valence-corrected chi connectivity index (χ3v) is 2.08. The van der Waals surface area contributed by atoms with Gasteiger partial charge in [0.25, 0.3) is 0 Å². The second kappa shape index (κ2) is 2.11. The van der Waals surface area contributed by atoms with Crippen LogP contribution < -0.4 is 5.09 Å². The van der Waals surface area contributed by atoms with Crippen LogP contribution in [-0.4, -0.2) is 6.04 Å². The summed E-state index contributed by atoms with van der Waals surface area (Å²) in [5.74, 6) is 0.970. The Bertz CT molecular complexity index is 59.1. The Morgan fingerprint density at radius 1 is 1.57 bits per heavy atom. The summed E-state index contributed by atoms with van der Waals surface area (Å²) in [5.41, 5.74) is 0. The van der Waals surface area contributed by atoms with E-state index < -0.39 is 0 Å². The average Bonchev–Trinajstić information content (AvgIpc) is 1.58. The highest BCUT2D eigenvalue weighted by molar-refractivity contribution is 7.13. The normalized spacial score (nSPS) is 40.3. The SMILES string of the molecule is CC1CC(NP)C1. The Labute approximate surface area is 47.1 Å². The van der Waals surface area contributed by atoms with E-state index >= 15 is 0 Å². The van der Waals surface area contributed by atoms with Crippen molar-refractivity contribution in [3.63, 3.8) is 0 Å². The van der Waals surface area contributed by atoms with Crippen LogP contribution >= 0.6 is 9.39 Å². The first-order chi connectivity index (χ1) is 3.33. The fourth-order valence-corrected chi connectivity index (χ4v) is 1.31. The van der Waals surface area contributed by atoms with Crippen LogP contribution in [0.15, 0.2) is 0 Å². The Hall–Kier alpha value is 0.390. The molecule has 0 spiro atoms. The molecule has 1 unspecified atom stereocenters. The van der Waals surface area contributed by atoms with Crippen LogP contribution in [0.1, 0.15) is 19.8 Å². The molecule has 0 saturated heterocycles. The van der Waals surface area contributed by atoms with Crippen LogP contribution in [0.5, 0.6) is 0 Å². The molecule has 0 aromatic carbocycles. The molecule has 0 bridgehead atoms. The molecule has 1 saturated carbocycles. The Morgan fingerprint density at radius 2 is 2.14 bits per heavy atom. The Morgan fingerprint density at radius 3 is 2.29 bits per heavy atom. The van der Waals surface area contributed by atoms with Gasteiger partial charge in [-0.25, -0.2) is 0 Å². The molecular weight excluding hydrogens is 105 g/mol. The van der Waals surface area contributed by atoms with E-state index in [0.29, 0.717) is 0 Å². The first-order valence-corrected chi connectivity index (χ1v) is 3.37. The number of rotatable bonds is 1. The van der Waals surface area contributed by atoms with Gasteiger partial charge in [-0.2, -0.15) is 0 Å². The highest BCUT2D eigenvalue weighted by atomic mass is 31.0. The van der Waals surface area contributed by atoms with Crippen LogP contribution in [0, 0.1) is 5.92 Å². The Balaban J connectivity index is 2.06. The summed E-state index contributed by atoms with van der Waals surface area (Å²) in [7, 11) is 2.56. The van der Waals surface area contributed by atoms with Crippen LogP contribution in [-0.2, 0) is 0 Å². The predicted molar refractivity (Wildman–Crippen MR) is 35.0 cm³/mol. The summed E-state index contributed by atoms with van der Waals surface area (Å²) in [6.07, 6.45) is 2.73. The third kappa shape index (κ3) is 1.14. The molecule has 1 N–H and O–H groups in total. The summed E-state index contributed by atoms with van der Waals surface area (Å²) >= 11 is 0. The molecule has 0 amide bonds. The molecule has 1 fully saturated rings. The zero-order valence-corrected chi connectivity index (χ0v) is 5.80. The van der Waals surface area contributed by atoms with Gasteiger partial charge in [0, 0.05) is 6.04 Å². The zero-order chi connectivity index (χ0) is 5.28. The summed E-state index contributed by atoms with van der Waals surface area (Å²) in [6, 6.07) is 0.806. The molecule has 0 aliphatic heterocycles. The van der Waals surface area contributed by atoms with Gasteiger partial charge < -0.3 is 0 Å². The van der Waals surface area contributed by atoms with Gasteiger partial charge in [0.15, 0.2) is 0 Å². The minimum atomic E-state index is 0.806. The summed E-state index contributed by atoms with van der Waals surface area (Å²) in [5, 5.41) is 3.15. The van der Waals surface area contributed by atoms with Crippen LogP contribution in [0.25, 0.3) is 0 Å². The second-order valence-electron chi connectivity index (χ2n) is 2.44. The van der Waals surface area contributed by atoms with Crippen molar-refractivity contribution in [2.75, 3.05) is 0 Å². The van der Waals surface area contributed by atoms with Crippen molar-refractivity contribution in [3.8, 4) is 0 Å². The maximum absolute atomic E-state index is 3.15. The van der Waals surface area contributed by atoms with Gasteiger partial charge >= 0.3 is 0 Å². The molecule has 0 aromatic heterocycles. The van der Waals surface area contributed by atoms with E-state index in [0.717, 1.165) is 12.0 Å². The standard InChI is InChI=1S/C5H12NP/c1-4-2-5(3-4)6-7/h4-6H,2-3,7H2,1H3. The van der Waals surface area contributed by atoms with Gasteiger partial charge in [0.2, 0.25) is 0 Å². The summed E-state index contributed by atoms with van der Waals surface area (Å²) in [6.45, 7) is 2.29. The number of hydrogen-bond acceptors (Lipinski definition) is 1. The van der Waals surface area contributed by atoms with Crippen molar-refractivity contribution in [3.05, 3.63) is 0 Å². The molecule has 1 atom stereocenters. The first-order valence-electron chi connectivity index (χ1n) is 2.79. The summed E-state index contributed by atoms with van der Waals surface area (Å²) in [4.78, 5) is 0. The first kappa shape index (κ1) is 5.53. The summed E-state index contributed by atoms with van der Waals surface area (Å²) < 4.78 is 0. The average molecular weight is 117 g/mol. The maximum Gasteiger partial charge on any atom is 0.0104 e. The van der Waals surface area contributed by atoms with E-state index in [-0.39, 0.29) is 0 Å². The fraction of sp³-hybridized carbons (Fsp3) is 1.00.